The Morgan fingerprint density at radius 2 is 1.58 bits per heavy atom. The van der Waals surface area contributed by atoms with Crippen LogP contribution in [-0.4, -0.2) is 115 Å². The number of rotatable bonds is 27. The highest BCUT2D eigenvalue weighted by Crippen LogP contribution is 2.65. The number of sulfonamides is 1. The van der Waals surface area contributed by atoms with Gasteiger partial charge in [0.05, 0.1) is 10.6 Å². The predicted molar refractivity (Wildman–Crippen MR) is 282 cm³/mol. The van der Waals surface area contributed by atoms with E-state index in [0.29, 0.717) is 75.9 Å². The van der Waals surface area contributed by atoms with Gasteiger partial charge in [0.2, 0.25) is 12.3 Å². The Hall–Kier alpha value is -4.24. The van der Waals surface area contributed by atoms with Crippen molar-refractivity contribution < 1.29 is 48.4 Å². The first-order chi connectivity index (χ1) is 35.0. The van der Waals surface area contributed by atoms with Crippen molar-refractivity contribution in [3.8, 4) is 0 Å². The maximum Gasteiger partial charge on any atom is 0.501 e. The molecule has 1 spiro atoms. The number of alkyl halides is 5. The molecule has 3 aromatic carbocycles. The molecule has 2 heterocycles. The first kappa shape index (κ1) is 57.5. The average Bonchev–Trinajstić information content (AvgIpc) is 4.08. The van der Waals surface area contributed by atoms with Crippen LogP contribution in [0.25, 0.3) is 0 Å². The van der Waals surface area contributed by atoms with Crippen molar-refractivity contribution in [3.05, 3.63) is 89.5 Å². The minimum Gasteiger partial charge on any atom is -0.385 e. The number of thioether (sulfide) groups is 1. The summed E-state index contributed by atoms with van der Waals surface area (Å²) in [5, 5.41) is 9.80. The van der Waals surface area contributed by atoms with Gasteiger partial charge in [0, 0.05) is 91.0 Å². The average molecular weight is 1090 g/mol. The quantitative estimate of drug-likeness (QED) is 0.0249. The number of nitrogens with zero attached hydrogens (tertiary/aromatic N) is 2. The van der Waals surface area contributed by atoms with E-state index in [4.69, 9.17) is 0 Å². The molecule has 12 nitrogen and oxygen atoms in total. The van der Waals surface area contributed by atoms with Gasteiger partial charge in [0.25, 0.3) is 25.8 Å². The summed E-state index contributed by atoms with van der Waals surface area (Å²) in [5.74, 6) is -0.600. The Morgan fingerprint density at radius 1 is 0.878 bits per heavy atom. The van der Waals surface area contributed by atoms with Crippen LogP contribution in [0.4, 0.5) is 33.3 Å². The predicted octanol–water partition coefficient (Wildman–Crippen LogP) is 10.8. The van der Waals surface area contributed by atoms with Crippen molar-refractivity contribution in [3.63, 3.8) is 0 Å². The van der Waals surface area contributed by atoms with Crippen LogP contribution in [-0.2, 0) is 24.7 Å². The van der Waals surface area contributed by atoms with Crippen LogP contribution in [0.3, 0.4) is 0 Å². The number of halogens is 5. The molecule has 2 aliphatic heterocycles. The zero-order valence-electron chi connectivity index (χ0n) is 43.0. The molecule has 2 saturated heterocycles. The van der Waals surface area contributed by atoms with Gasteiger partial charge < -0.3 is 25.8 Å². The fourth-order valence-corrected chi connectivity index (χ4v) is 13.9. The van der Waals surface area contributed by atoms with Gasteiger partial charge in [-0.05, 0) is 130 Å². The lowest BCUT2D eigenvalue weighted by Gasteiger charge is -2.60. The lowest BCUT2D eigenvalue weighted by molar-refractivity contribution is -0.159. The van der Waals surface area contributed by atoms with Crippen molar-refractivity contribution in [1.29, 1.82) is 0 Å². The van der Waals surface area contributed by atoms with Crippen LogP contribution in [0.5, 0.6) is 0 Å². The van der Waals surface area contributed by atoms with Gasteiger partial charge in [-0.1, -0.05) is 69.9 Å². The summed E-state index contributed by atoms with van der Waals surface area (Å²) in [7, 11) is -11.0. The van der Waals surface area contributed by atoms with Gasteiger partial charge in [-0.25, -0.2) is 30.3 Å². The van der Waals surface area contributed by atoms with Crippen LogP contribution in [0, 0.1) is 22.2 Å². The molecule has 3 atom stereocenters. The van der Waals surface area contributed by atoms with Crippen molar-refractivity contribution in [2.24, 2.45) is 22.2 Å². The van der Waals surface area contributed by atoms with Crippen molar-refractivity contribution in [2.75, 3.05) is 68.7 Å². The molecule has 20 heteroatoms. The fourth-order valence-electron chi connectivity index (χ4n) is 10.8. The summed E-state index contributed by atoms with van der Waals surface area (Å²) in [6.07, 6.45) is 7.06. The van der Waals surface area contributed by atoms with Crippen LogP contribution in [0.15, 0.2) is 98.6 Å². The lowest BCUT2D eigenvalue weighted by atomic mass is 9.72. The summed E-state index contributed by atoms with van der Waals surface area (Å²) >= 11 is 1.43. The number of hydrogen-bond donors (Lipinski definition) is 4. The number of anilines is 2. The minimum atomic E-state index is -6.10. The largest absolute Gasteiger partial charge is 0.501 e. The third kappa shape index (κ3) is 14.0. The summed E-state index contributed by atoms with van der Waals surface area (Å²) in [6.45, 7) is 13.9. The molecule has 74 heavy (non-hydrogen) atoms. The van der Waals surface area contributed by atoms with Crippen LogP contribution >= 0.6 is 11.8 Å². The highest BCUT2D eigenvalue weighted by Gasteiger charge is 2.61. The lowest BCUT2D eigenvalue weighted by Crippen LogP contribution is -2.72. The van der Waals surface area contributed by atoms with E-state index in [1.165, 1.54) is 35.0 Å². The number of hydrogen-bond acceptors (Lipinski definition) is 11. The molecule has 4 N–H and O–H groups in total. The van der Waals surface area contributed by atoms with E-state index in [1.807, 2.05) is 46.9 Å². The van der Waals surface area contributed by atoms with E-state index >= 15 is 0 Å². The number of carbonyl (C=O) groups excluding carboxylic acids is 2. The topological polar surface area (TPSA) is 157 Å². The molecule has 408 valence electrons. The Balaban J connectivity index is 0.927. The SMILES string of the molecule is CCCCCC(=O)N1CC2(CN(CCC(CSc3ccccc3)Nc3ccc(S(=O)(=O)NC(=O)c4ccc(NCCCCNCC5=C(C6CC6(CC)C(F)F)CC(C)(C)CC5)cc4)cc3S(=O)(=O)C(F)(F)F)C2)C1. The van der Waals surface area contributed by atoms with Gasteiger partial charge in [-0.15, -0.1) is 11.8 Å². The molecule has 0 radical (unpaired) electrons. The molecule has 3 aromatic rings. The molecule has 0 bridgehead atoms. The third-order valence-corrected chi connectivity index (χ3v) is 19.4. The molecule has 4 aliphatic rings. The molecular formula is C54H73F5N6O6S3. The van der Waals surface area contributed by atoms with Crippen LogP contribution < -0.4 is 20.7 Å². The highest BCUT2D eigenvalue weighted by molar-refractivity contribution is 7.99. The van der Waals surface area contributed by atoms with Crippen LogP contribution in [0.1, 0.15) is 115 Å². The zero-order valence-corrected chi connectivity index (χ0v) is 45.4. The number of amides is 2. The molecule has 3 unspecified atom stereocenters. The smallest absolute Gasteiger partial charge is 0.385 e. The van der Waals surface area contributed by atoms with E-state index in [0.717, 1.165) is 88.0 Å². The normalized spacial score (nSPS) is 21.0. The second-order valence-electron chi connectivity index (χ2n) is 21.7. The van der Waals surface area contributed by atoms with Gasteiger partial charge in [-0.3, -0.25) is 9.59 Å². The second kappa shape index (κ2) is 24.0. The summed E-state index contributed by atoms with van der Waals surface area (Å²) < 4.78 is 126. The molecule has 2 aliphatic carbocycles. The first-order valence-electron chi connectivity index (χ1n) is 26.0. The number of benzene rings is 3. The Labute approximate surface area is 438 Å². The van der Waals surface area contributed by atoms with Gasteiger partial charge in [0.15, 0.2) is 0 Å². The number of allylic oxidation sites excluding steroid dienone is 1. The highest BCUT2D eigenvalue weighted by atomic mass is 32.2. The Kier molecular flexibility index (Phi) is 18.6. The Bertz CT molecular complexity index is 2680. The van der Waals surface area contributed by atoms with E-state index in [-0.39, 0.29) is 28.2 Å². The second-order valence-corrected chi connectivity index (χ2v) is 26.4. The van der Waals surface area contributed by atoms with Crippen molar-refractivity contribution >= 4 is 54.8 Å². The maximum absolute atomic E-state index is 14.3. The van der Waals surface area contributed by atoms with Gasteiger partial charge in [0.1, 0.15) is 4.90 Å². The molecule has 2 amide bonds. The van der Waals surface area contributed by atoms with Gasteiger partial charge >= 0.3 is 5.51 Å². The standard InChI is InChI=1S/C54H73F5N6O6S3/c1-5-7-9-16-48(66)65-36-52(37-65)34-64(35-52)28-24-41(33-72-42-14-10-8-11-15-42)62-46-22-21-43(29-47(46)73(68,69)54(57,58)59)74(70,71)63-49(67)38-17-19-40(20-18-38)61-27-13-12-26-60-32-39-23-25-51(3,4)30-44(39)45-31-53(45,6-2)50(55)56/h8,10-11,14-15,17-22,29,41,45,50,60-62H,5-7,9,12-13,16,23-28,30-37H2,1-4H3,(H,63,67). The molecule has 0 aromatic heterocycles. The maximum atomic E-state index is 14.3. The Morgan fingerprint density at radius 3 is 2.23 bits per heavy atom. The van der Waals surface area contributed by atoms with E-state index in [9.17, 15) is 48.4 Å². The van der Waals surface area contributed by atoms with E-state index in [1.54, 1.807) is 12.1 Å². The fraction of sp³-hybridized carbons (Fsp3) is 0.593. The van der Waals surface area contributed by atoms with Crippen molar-refractivity contribution in [1.82, 2.24) is 19.8 Å². The summed E-state index contributed by atoms with van der Waals surface area (Å²) in [5.41, 5.74) is -3.84. The van der Waals surface area contributed by atoms with Gasteiger partial charge in [-0.2, -0.15) is 13.2 Å². The van der Waals surface area contributed by atoms with Crippen LogP contribution in [0.2, 0.25) is 0 Å². The molecule has 1 saturated carbocycles. The minimum absolute atomic E-state index is 0.0223. The number of likely N-dealkylation sites (tertiary alicyclic amines) is 2. The van der Waals surface area contributed by atoms with E-state index < -0.39 is 64.6 Å². The number of carbonyl (C=O) groups is 2. The number of nitrogens with one attached hydrogen (secondary N) is 4. The third-order valence-electron chi connectivity index (χ3n) is 15.4. The van der Waals surface area contributed by atoms with Crippen molar-refractivity contribution in [2.45, 2.75) is 137 Å². The van der Waals surface area contributed by atoms with E-state index in [2.05, 4.69) is 41.6 Å². The summed E-state index contributed by atoms with van der Waals surface area (Å²) in [4.78, 5) is 28.7. The number of unbranched alkanes of at least 4 members (excludes halogenated alkanes) is 3. The molecular weight excluding hydrogens is 1020 g/mol. The number of sulfone groups is 1. The zero-order chi connectivity index (χ0) is 53.5. The molecule has 3 fully saturated rings. The first-order valence-corrected chi connectivity index (χ1v) is 30.0. The summed E-state index contributed by atoms with van der Waals surface area (Å²) in [6, 6.07) is 17.1. The monoisotopic (exact) mass is 1090 g/mol. The molecule has 7 rings (SSSR count).